The first-order valence-electron chi connectivity index (χ1n) is 7.77. The molecule has 0 heterocycles. The standard InChI is InChI=1S/C16H30O/c1-4-14-5-7-15(8-6-14)16(17)10-9-12(2)13(3)11-16/h12-15,17H,4-11H2,1-3H3. The summed E-state index contributed by atoms with van der Waals surface area (Å²) in [5, 5.41) is 10.9. The zero-order chi connectivity index (χ0) is 12.5. The average molecular weight is 238 g/mol. The molecular weight excluding hydrogens is 208 g/mol. The van der Waals surface area contributed by atoms with Crippen LogP contribution in [0.4, 0.5) is 0 Å². The van der Waals surface area contributed by atoms with Crippen LogP contribution in [0.2, 0.25) is 0 Å². The summed E-state index contributed by atoms with van der Waals surface area (Å²) in [5.41, 5.74) is -0.315. The fraction of sp³-hybridized carbons (Fsp3) is 1.00. The Kier molecular flexibility index (Phi) is 4.18. The van der Waals surface area contributed by atoms with Crippen LogP contribution in [-0.4, -0.2) is 10.7 Å². The fourth-order valence-corrected chi connectivity index (χ4v) is 4.10. The molecule has 100 valence electrons. The van der Waals surface area contributed by atoms with Gasteiger partial charge in [0.2, 0.25) is 0 Å². The predicted molar refractivity (Wildman–Crippen MR) is 72.9 cm³/mol. The van der Waals surface area contributed by atoms with Crippen LogP contribution in [0.3, 0.4) is 0 Å². The molecule has 1 nitrogen and oxygen atoms in total. The summed E-state index contributed by atoms with van der Waals surface area (Å²) in [6.45, 7) is 6.98. The van der Waals surface area contributed by atoms with Gasteiger partial charge in [-0.3, -0.25) is 0 Å². The van der Waals surface area contributed by atoms with Crippen LogP contribution in [0, 0.1) is 23.7 Å². The average Bonchev–Trinajstić information content (AvgIpc) is 2.34. The number of hydrogen-bond donors (Lipinski definition) is 1. The van der Waals surface area contributed by atoms with Gasteiger partial charge in [-0.2, -0.15) is 0 Å². The minimum absolute atomic E-state index is 0.315. The molecule has 17 heavy (non-hydrogen) atoms. The Bertz CT molecular complexity index is 242. The van der Waals surface area contributed by atoms with Crippen molar-refractivity contribution in [1.82, 2.24) is 0 Å². The minimum Gasteiger partial charge on any atom is -0.390 e. The Balaban J connectivity index is 1.93. The van der Waals surface area contributed by atoms with E-state index in [1.54, 1.807) is 0 Å². The van der Waals surface area contributed by atoms with Gasteiger partial charge in [0.05, 0.1) is 5.60 Å². The van der Waals surface area contributed by atoms with Gasteiger partial charge in [-0.05, 0) is 55.8 Å². The molecule has 0 saturated heterocycles. The van der Waals surface area contributed by atoms with Gasteiger partial charge in [0, 0.05) is 0 Å². The smallest absolute Gasteiger partial charge is 0.0678 e. The van der Waals surface area contributed by atoms with Gasteiger partial charge in [0.15, 0.2) is 0 Å². The van der Waals surface area contributed by atoms with Crippen molar-refractivity contribution in [2.45, 2.75) is 77.7 Å². The molecular formula is C16H30O. The topological polar surface area (TPSA) is 20.2 Å². The molecule has 0 aromatic carbocycles. The summed E-state index contributed by atoms with van der Waals surface area (Å²) in [6, 6.07) is 0. The van der Waals surface area contributed by atoms with Gasteiger partial charge in [-0.1, -0.05) is 40.0 Å². The fourth-order valence-electron chi connectivity index (χ4n) is 4.10. The molecule has 0 bridgehead atoms. The molecule has 0 amide bonds. The second-order valence-corrected chi connectivity index (χ2v) is 6.93. The van der Waals surface area contributed by atoms with E-state index in [0.717, 1.165) is 24.7 Å². The third-order valence-electron chi connectivity index (χ3n) is 5.86. The zero-order valence-electron chi connectivity index (χ0n) is 11.9. The maximum Gasteiger partial charge on any atom is 0.0678 e. The molecule has 2 fully saturated rings. The molecule has 2 rings (SSSR count). The van der Waals surface area contributed by atoms with E-state index in [9.17, 15) is 5.11 Å². The monoisotopic (exact) mass is 238 g/mol. The van der Waals surface area contributed by atoms with Crippen molar-refractivity contribution in [2.24, 2.45) is 23.7 Å². The highest BCUT2D eigenvalue weighted by Crippen LogP contribution is 2.46. The Morgan fingerprint density at radius 3 is 2.18 bits per heavy atom. The van der Waals surface area contributed by atoms with Gasteiger partial charge < -0.3 is 5.11 Å². The van der Waals surface area contributed by atoms with Crippen molar-refractivity contribution in [3.63, 3.8) is 0 Å². The minimum atomic E-state index is -0.315. The van der Waals surface area contributed by atoms with Crippen LogP contribution in [0.15, 0.2) is 0 Å². The van der Waals surface area contributed by atoms with Crippen molar-refractivity contribution in [3.8, 4) is 0 Å². The molecule has 1 N–H and O–H groups in total. The first kappa shape index (κ1) is 13.4. The van der Waals surface area contributed by atoms with E-state index >= 15 is 0 Å². The molecule has 2 aliphatic carbocycles. The summed E-state index contributed by atoms with van der Waals surface area (Å²) in [6.07, 6.45) is 9.92. The van der Waals surface area contributed by atoms with Crippen molar-refractivity contribution in [3.05, 3.63) is 0 Å². The van der Waals surface area contributed by atoms with Gasteiger partial charge >= 0.3 is 0 Å². The maximum absolute atomic E-state index is 10.9. The molecule has 3 atom stereocenters. The zero-order valence-corrected chi connectivity index (χ0v) is 11.9. The van der Waals surface area contributed by atoms with E-state index in [4.69, 9.17) is 0 Å². The van der Waals surface area contributed by atoms with Crippen LogP contribution in [0.25, 0.3) is 0 Å². The molecule has 0 aromatic heterocycles. The van der Waals surface area contributed by atoms with Gasteiger partial charge in [-0.25, -0.2) is 0 Å². The first-order valence-corrected chi connectivity index (χ1v) is 7.77. The lowest BCUT2D eigenvalue weighted by Gasteiger charge is -2.46. The molecule has 3 unspecified atom stereocenters. The quantitative estimate of drug-likeness (QED) is 0.756. The van der Waals surface area contributed by atoms with E-state index in [1.807, 2.05) is 0 Å². The third-order valence-corrected chi connectivity index (χ3v) is 5.86. The third kappa shape index (κ3) is 2.86. The summed E-state index contributed by atoms with van der Waals surface area (Å²) in [7, 11) is 0. The summed E-state index contributed by atoms with van der Waals surface area (Å²) in [4.78, 5) is 0. The molecule has 0 spiro atoms. The highest BCUT2D eigenvalue weighted by Gasteiger charge is 2.42. The van der Waals surface area contributed by atoms with Crippen molar-refractivity contribution in [1.29, 1.82) is 0 Å². The molecule has 2 aliphatic rings. The van der Waals surface area contributed by atoms with E-state index in [0.29, 0.717) is 11.8 Å². The second-order valence-electron chi connectivity index (χ2n) is 6.93. The van der Waals surface area contributed by atoms with E-state index in [2.05, 4.69) is 20.8 Å². The molecule has 0 aromatic rings. The van der Waals surface area contributed by atoms with Crippen LogP contribution < -0.4 is 0 Å². The lowest BCUT2D eigenvalue weighted by Crippen LogP contribution is -2.45. The molecule has 0 radical (unpaired) electrons. The normalized spacial score (nSPS) is 48.0. The number of aliphatic hydroxyl groups is 1. The highest BCUT2D eigenvalue weighted by atomic mass is 16.3. The molecule has 2 saturated carbocycles. The first-order chi connectivity index (χ1) is 8.05. The van der Waals surface area contributed by atoms with Crippen LogP contribution >= 0.6 is 0 Å². The predicted octanol–water partition coefficient (Wildman–Crippen LogP) is 4.39. The van der Waals surface area contributed by atoms with Crippen LogP contribution in [0.1, 0.15) is 72.1 Å². The lowest BCUT2D eigenvalue weighted by molar-refractivity contribution is -0.0882. The number of rotatable bonds is 2. The van der Waals surface area contributed by atoms with Gasteiger partial charge in [0.25, 0.3) is 0 Å². The van der Waals surface area contributed by atoms with Gasteiger partial charge in [-0.15, -0.1) is 0 Å². The van der Waals surface area contributed by atoms with Gasteiger partial charge in [0.1, 0.15) is 0 Å². The lowest BCUT2D eigenvalue weighted by atomic mass is 9.63. The second kappa shape index (κ2) is 5.30. The highest BCUT2D eigenvalue weighted by molar-refractivity contribution is 4.94. The Morgan fingerprint density at radius 2 is 1.65 bits per heavy atom. The van der Waals surface area contributed by atoms with Crippen LogP contribution in [0.5, 0.6) is 0 Å². The van der Waals surface area contributed by atoms with E-state index in [-0.39, 0.29) is 5.60 Å². The number of hydrogen-bond acceptors (Lipinski definition) is 1. The van der Waals surface area contributed by atoms with Crippen molar-refractivity contribution >= 4 is 0 Å². The Morgan fingerprint density at radius 1 is 1.00 bits per heavy atom. The summed E-state index contributed by atoms with van der Waals surface area (Å²) in [5.74, 6) is 3.05. The SMILES string of the molecule is CCC1CCC(C2(O)CCC(C)C(C)C2)CC1. The van der Waals surface area contributed by atoms with E-state index < -0.39 is 0 Å². The Labute approximate surface area is 107 Å². The molecule has 1 heteroatoms. The van der Waals surface area contributed by atoms with Crippen molar-refractivity contribution in [2.75, 3.05) is 0 Å². The Hall–Kier alpha value is -0.0400. The largest absolute Gasteiger partial charge is 0.390 e. The van der Waals surface area contributed by atoms with Crippen LogP contribution in [-0.2, 0) is 0 Å². The summed E-state index contributed by atoms with van der Waals surface area (Å²) >= 11 is 0. The maximum atomic E-state index is 10.9. The van der Waals surface area contributed by atoms with E-state index in [1.165, 1.54) is 38.5 Å². The van der Waals surface area contributed by atoms with Crippen molar-refractivity contribution < 1.29 is 5.11 Å². The summed E-state index contributed by atoms with van der Waals surface area (Å²) < 4.78 is 0. The molecule has 0 aliphatic heterocycles.